The Bertz CT molecular complexity index is 782. The Labute approximate surface area is 138 Å². The van der Waals surface area contributed by atoms with Crippen LogP contribution in [0.15, 0.2) is 53.0 Å². The molecular weight excluding hydrogens is 340 g/mol. The standard InChI is InChI=1S/C18H19BrN2O/c1-2-6-18-20-15-9-3-4-10-16(15)21(18)12-17(22)13-7-5-8-14(19)11-13/h3-5,7-11,17,22H,2,6,12H2,1H3. The maximum absolute atomic E-state index is 10.6. The maximum atomic E-state index is 10.6. The minimum absolute atomic E-state index is 0.520. The number of aromatic nitrogens is 2. The summed E-state index contributed by atoms with van der Waals surface area (Å²) >= 11 is 3.46. The average Bonchev–Trinajstić information content (AvgIpc) is 2.85. The Hall–Kier alpha value is -1.65. The molecule has 1 heterocycles. The van der Waals surface area contributed by atoms with E-state index >= 15 is 0 Å². The first kappa shape index (κ1) is 15.3. The van der Waals surface area contributed by atoms with E-state index in [1.165, 1.54) is 0 Å². The van der Waals surface area contributed by atoms with Gasteiger partial charge in [-0.15, -0.1) is 0 Å². The van der Waals surface area contributed by atoms with Gasteiger partial charge in [0.1, 0.15) is 5.82 Å². The van der Waals surface area contributed by atoms with Crippen LogP contribution in [0, 0.1) is 0 Å². The molecule has 0 bridgehead atoms. The van der Waals surface area contributed by atoms with Crippen LogP contribution >= 0.6 is 15.9 Å². The van der Waals surface area contributed by atoms with E-state index in [4.69, 9.17) is 4.98 Å². The van der Waals surface area contributed by atoms with Gasteiger partial charge in [-0.25, -0.2) is 4.98 Å². The summed E-state index contributed by atoms with van der Waals surface area (Å²) in [4.78, 5) is 4.71. The van der Waals surface area contributed by atoms with Crippen molar-refractivity contribution in [3.63, 3.8) is 0 Å². The molecule has 0 saturated carbocycles. The molecular formula is C18H19BrN2O. The number of nitrogens with zero attached hydrogens (tertiary/aromatic N) is 2. The third-order valence-corrected chi connectivity index (χ3v) is 4.29. The molecule has 4 heteroatoms. The van der Waals surface area contributed by atoms with Gasteiger partial charge in [0, 0.05) is 10.9 Å². The van der Waals surface area contributed by atoms with Crippen LogP contribution in [-0.4, -0.2) is 14.7 Å². The number of halogens is 1. The number of rotatable bonds is 5. The van der Waals surface area contributed by atoms with Crippen molar-refractivity contribution in [3.05, 3.63) is 64.4 Å². The van der Waals surface area contributed by atoms with Gasteiger partial charge in [-0.1, -0.05) is 47.1 Å². The second-order valence-corrected chi connectivity index (χ2v) is 6.36. The van der Waals surface area contributed by atoms with E-state index in [1.54, 1.807) is 0 Å². The van der Waals surface area contributed by atoms with Crippen LogP contribution in [0.1, 0.15) is 30.8 Å². The minimum Gasteiger partial charge on any atom is -0.387 e. The molecule has 0 aliphatic heterocycles. The monoisotopic (exact) mass is 358 g/mol. The van der Waals surface area contributed by atoms with E-state index < -0.39 is 6.10 Å². The van der Waals surface area contributed by atoms with Gasteiger partial charge in [0.05, 0.1) is 23.7 Å². The van der Waals surface area contributed by atoms with Gasteiger partial charge in [-0.3, -0.25) is 0 Å². The van der Waals surface area contributed by atoms with E-state index in [1.807, 2.05) is 42.5 Å². The van der Waals surface area contributed by atoms with Gasteiger partial charge >= 0.3 is 0 Å². The van der Waals surface area contributed by atoms with Crippen molar-refractivity contribution in [3.8, 4) is 0 Å². The molecule has 2 aromatic carbocycles. The van der Waals surface area contributed by atoms with Gasteiger partial charge in [0.2, 0.25) is 0 Å². The minimum atomic E-state index is -0.550. The summed E-state index contributed by atoms with van der Waals surface area (Å²) in [5, 5.41) is 10.6. The molecule has 22 heavy (non-hydrogen) atoms. The van der Waals surface area contributed by atoms with Crippen LogP contribution in [-0.2, 0) is 13.0 Å². The lowest BCUT2D eigenvalue weighted by atomic mass is 10.1. The van der Waals surface area contributed by atoms with E-state index in [2.05, 4.69) is 33.5 Å². The van der Waals surface area contributed by atoms with Gasteiger partial charge in [0.25, 0.3) is 0 Å². The summed E-state index contributed by atoms with van der Waals surface area (Å²) in [6.07, 6.45) is 1.40. The summed E-state index contributed by atoms with van der Waals surface area (Å²) in [5.74, 6) is 1.04. The molecule has 0 aliphatic carbocycles. The molecule has 1 atom stereocenters. The van der Waals surface area contributed by atoms with Crippen LogP contribution in [0.5, 0.6) is 0 Å². The molecule has 3 aromatic rings. The topological polar surface area (TPSA) is 38.0 Å². The van der Waals surface area contributed by atoms with Crippen molar-refractivity contribution in [1.82, 2.24) is 9.55 Å². The Balaban J connectivity index is 1.96. The van der Waals surface area contributed by atoms with Crippen LogP contribution in [0.3, 0.4) is 0 Å². The zero-order valence-corrected chi connectivity index (χ0v) is 14.1. The second kappa shape index (κ2) is 6.63. The Kier molecular flexibility index (Phi) is 4.60. The number of hydrogen-bond donors (Lipinski definition) is 1. The Morgan fingerprint density at radius 2 is 2.00 bits per heavy atom. The summed E-state index contributed by atoms with van der Waals surface area (Å²) in [5.41, 5.74) is 2.99. The number of para-hydroxylation sites is 2. The normalized spacial score (nSPS) is 12.7. The van der Waals surface area contributed by atoms with Crippen molar-refractivity contribution in [1.29, 1.82) is 0 Å². The SMILES string of the molecule is CCCc1nc2ccccc2n1CC(O)c1cccc(Br)c1. The molecule has 0 aliphatic rings. The van der Waals surface area contributed by atoms with Crippen LogP contribution in [0.2, 0.25) is 0 Å². The molecule has 0 fully saturated rings. The number of aliphatic hydroxyl groups is 1. The third kappa shape index (κ3) is 3.08. The smallest absolute Gasteiger partial charge is 0.109 e. The molecule has 0 amide bonds. The Morgan fingerprint density at radius 1 is 1.18 bits per heavy atom. The van der Waals surface area contributed by atoms with Crippen molar-refractivity contribution in [2.75, 3.05) is 0 Å². The summed E-state index contributed by atoms with van der Waals surface area (Å²) in [6, 6.07) is 15.9. The zero-order valence-electron chi connectivity index (χ0n) is 12.5. The first-order chi connectivity index (χ1) is 10.7. The first-order valence-electron chi connectivity index (χ1n) is 7.56. The van der Waals surface area contributed by atoms with Gasteiger partial charge in [-0.05, 0) is 36.2 Å². The quantitative estimate of drug-likeness (QED) is 0.729. The number of imidazole rings is 1. The molecule has 114 valence electrons. The predicted molar refractivity (Wildman–Crippen MR) is 92.8 cm³/mol. The molecule has 1 aromatic heterocycles. The fourth-order valence-electron chi connectivity index (χ4n) is 2.74. The second-order valence-electron chi connectivity index (χ2n) is 5.45. The Morgan fingerprint density at radius 3 is 2.77 bits per heavy atom. The fourth-order valence-corrected chi connectivity index (χ4v) is 3.15. The third-order valence-electron chi connectivity index (χ3n) is 3.80. The van der Waals surface area contributed by atoms with E-state index in [-0.39, 0.29) is 0 Å². The van der Waals surface area contributed by atoms with Crippen LogP contribution in [0.25, 0.3) is 11.0 Å². The zero-order chi connectivity index (χ0) is 15.5. The highest BCUT2D eigenvalue weighted by atomic mass is 79.9. The van der Waals surface area contributed by atoms with Crippen molar-refractivity contribution in [2.45, 2.75) is 32.4 Å². The van der Waals surface area contributed by atoms with Gasteiger partial charge in [-0.2, -0.15) is 0 Å². The van der Waals surface area contributed by atoms with Gasteiger partial charge < -0.3 is 9.67 Å². The van der Waals surface area contributed by atoms with Crippen LogP contribution < -0.4 is 0 Å². The average molecular weight is 359 g/mol. The number of aliphatic hydroxyl groups excluding tert-OH is 1. The molecule has 1 N–H and O–H groups in total. The van der Waals surface area contributed by atoms with Gasteiger partial charge in [0.15, 0.2) is 0 Å². The molecule has 0 saturated heterocycles. The summed E-state index contributed by atoms with van der Waals surface area (Å²) in [7, 11) is 0. The molecule has 3 nitrogen and oxygen atoms in total. The first-order valence-corrected chi connectivity index (χ1v) is 8.36. The summed E-state index contributed by atoms with van der Waals surface area (Å²) < 4.78 is 3.12. The number of fused-ring (bicyclic) bond motifs is 1. The maximum Gasteiger partial charge on any atom is 0.109 e. The summed E-state index contributed by atoms with van der Waals surface area (Å²) in [6.45, 7) is 2.67. The number of aryl methyl sites for hydroxylation is 1. The van der Waals surface area contributed by atoms with E-state index in [0.29, 0.717) is 6.54 Å². The van der Waals surface area contributed by atoms with Crippen molar-refractivity contribution >= 4 is 27.0 Å². The lowest BCUT2D eigenvalue weighted by Gasteiger charge is -2.15. The largest absolute Gasteiger partial charge is 0.387 e. The molecule has 1 unspecified atom stereocenters. The fraction of sp³-hybridized carbons (Fsp3) is 0.278. The van der Waals surface area contributed by atoms with Crippen molar-refractivity contribution < 1.29 is 5.11 Å². The lowest BCUT2D eigenvalue weighted by molar-refractivity contribution is 0.156. The van der Waals surface area contributed by atoms with Crippen LogP contribution in [0.4, 0.5) is 0 Å². The highest BCUT2D eigenvalue weighted by Crippen LogP contribution is 2.24. The number of hydrogen-bond acceptors (Lipinski definition) is 2. The van der Waals surface area contributed by atoms with E-state index in [0.717, 1.165) is 39.7 Å². The highest BCUT2D eigenvalue weighted by Gasteiger charge is 2.15. The lowest BCUT2D eigenvalue weighted by Crippen LogP contribution is -2.11. The predicted octanol–water partition coefficient (Wildman–Crippen LogP) is 4.48. The molecule has 0 radical (unpaired) electrons. The molecule has 3 rings (SSSR count). The molecule has 0 spiro atoms. The number of benzene rings is 2. The van der Waals surface area contributed by atoms with E-state index in [9.17, 15) is 5.11 Å². The van der Waals surface area contributed by atoms with Crippen molar-refractivity contribution in [2.24, 2.45) is 0 Å². The highest BCUT2D eigenvalue weighted by molar-refractivity contribution is 9.10.